The van der Waals surface area contributed by atoms with Crippen LogP contribution in [0.1, 0.15) is 41.5 Å². The van der Waals surface area contributed by atoms with Crippen LogP contribution in [0.4, 0.5) is 4.79 Å². The number of ether oxygens (including phenoxy) is 1. The average molecular weight is 384 g/mol. The monoisotopic (exact) mass is 384 g/mol. The van der Waals surface area contributed by atoms with Crippen molar-refractivity contribution in [3.63, 3.8) is 0 Å². The maximum absolute atomic E-state index is 12.5. The second-order valence-electron chi connectivity index (χ2n) is 6.26. The van der Waals surface area contributed by atoms with Crippen molar-refractivity contribution in [3.05, 3.63) is 58.6 Å². The summed E-state index contributed by atoms with van der Waals surface area (Å²) in [6, 6.07) is 5.79. The minimum Gasteiger partial charge on any atom is -0.476 e. The van der Waals surface area contributed by atoms with Crippen LogP contribution in [0, 0.1) is 6.92 Å². The van der Waals surface area contributed by atoms with Gasteiger partial charge >= 0.3 is 18.0 Å². The maximum Gasteiger partial charge on any atom is 0.356 e. The maximum atomic E-state index is 12.5. The number of carbonyl (C=O) groups is 3. The van der Waals surface area contributed by atoms with Crippen molar-refractivity contribution in [2.45, 2.75) is 26.8 Å². The molecule has 0 bridgehead atoms. The molecular weight excluding hydrogens is 364 g/mol. The van der Waals surface area contributed by atoms with Gasteiger partial charge in [-0.05, 0) is 32.4 Å². The highest BCUT2D eigenvalue weighted by atomic mass is 16.5. The second-order valence-corrected chi connectivity index (χ2v) is 6.26. The number of hydrogen-bond donors (Lipinski definition) is 3. The van der Waals surface area contributed by atoms with E-state index in [9.17, 15) is 19.5 Å². The van der Waals surface area contributed by atoms with Crippen LogP contribution in [0.2, 0.25) is 0 Å². The van der Waals surface area contributed by atoms with Crippen LogP contribution in [-0.4, -0.2) is 39.5 Å². The number of allylic oxidation sites excluding steroid dienone is 1. The molecule has 0 spiro atoms. The third-order valence-corrected chi connectivity index (χ3v) is 4.38. The van der Waals surface area contributed by atoms with E-state index >= 15 is 0 Å². The van der Waals surface area contributed by atoms with Gasteiger partial charge in [-0.2, -0.15) is 5.10 Å². The molecule has 3 N–H and O–H groups in total. The molecule has 0 radical (unpaired) electrons. The predicted molar refractivity (Wildman–Crippen MR) is 99.0 cm³/mol. The summed E-state index contributed by atoms with van der Waals surface area (Å²) in [5.41, 5.74) is 1.94. The third-order valence-electron chi connectivity index (χ3n) is 4.38. The fourth-order valence-electron chi connectivity index (χ4n) is 3.12. The van der Waals surface area contributed by atoms with E-state index in [0.29, 0.717) is 11.4 Å². The average Bonchev–Trinajstić information content (AvgIpc) is 3.07. The molecule has 2 heterocycles. The first-order valence-corrected chi connectivity index (χ1v) is 8.67. The number of carboxylic acids is 1. The molecule has 0 saturated heterocycles. The highest BCUT2D eigenvalue weighted by Crippen LogP contribution is 2.30. The number of nitrogens with one attached hydrogen (secondary N) is 2. The third kappa shape index (κ3) is 3.46. The van der Waals surface area contributed by atoms with Crippen LogP contribution in [0.25, 0.3) is 5.69 Å². The summed E-state index contributed by atoms with van der Waals surface area (Å²) >= 11 is 0. The van der Waals surface area contributed by atoms with Crippen LogP contribution in [0.5, 0.6) is 0 Å². The zero-order valence-corrected chi connectivity index (χ0v) is 15.6. The molecule has 2 amide bonds. The first-order chi connectivity index (χ1) is 13.3. The van der Waals surface area contributed by atoms with Gasteiger partial charge in [-0.25, -0.2) is 19.1 Å². The molecule has 2 aromatic rings. The SMILES string of the molecule is CCOC(=O)C1=C(C)NC(=O)N[C@H]1c1cn(-c2ccccc2C)nc1C(=O)O. The smallest absolute Gasteiger partial charge is 0.356 e. The quantitative estimate of drug-likeness (QED) is 0.678. The van der Waals surface area contributed by atoms with E-state index in [-0.39, 0.29) is 23.4 Å². The minimum absolute atomic E-state index is 0.133. The molecule has 9 nitrogen and oxygen atoms in total. The Morgan fingerprint density at radius 1 is 1.29 bits per heavy atom. The van der Waals surface area contributed by atoms with Crippen molar-refractivity contribution in [1.82, 2.24) is 20.4 Å². The number of hydrogen-bond acceptors (Lipinski definition) is 5. The Morgan fingerprint density at radius 3 is 2.64 bits per heavy atom. The Hall–Kier alpha value is -3.62. The fourth-order valence-corrected chi connectivity index (χ4v) is 3.12. The number of amides is 2. The number of aromatic nitrogens is 2. The molecule has 0 saturated carbocycles. The first-order valence-electron chi connectivity index (χ1n) is 8.67. The van der Waals surface area contributed by atoms with Gasteiger partial charge in [0.2, 0.25) is 0 Å². The summed E-state index contributed by atoms with van der Waals surface area (Å²) in [5.74, 6) is -1.91. The van der Waals surface area contributed by atoms with E-state index in [1.807, 2.05) is 25.1 Å². The topological polar surface area (TPSA) is 123 Å². The van der Waals surface area contributed by atoms with Crippen LogP contribution in [-0.2, 0) is 9.53 Å². The van der Waals surface area contributed by atoms with E-state index in [2.05, 4.69) is 15.7 Å². The highest BCUT2D eigenvalue weighted by Gasteiger charge is 2.36. The molecule has 0 fully saturated rings. The van der Waals surface area contributed by atoms with Crippen LogP contribution >= 0.6 is 0 Å². The molecule has 0 unspecified atom stereocenters. The van der Waals surface area contributed by atoms with Crippen LogP contribution in [0.15, 0.2) is 41.7 Å². The molecule has 1 aromatic heterocycles. The number of para-hydroxylation sites is 1. The number of benzene rings is 1. The Labute approximate surface area is 161 Å². The van der Waals surface area contributed by atoms with Crippen molar-refractivity contribution in [2.24, 2.45) is 0 Å². The van der Waals surface area contributed by atoms with Crippen molar-refractivity contribution < 1.29 is 24.2 Å². The van der Waals surface area contributed by atoms with Crippen molar-refractivity contribution in [1.29, 1.82) is 0 Å². The Kier molecular flexibility index (Phi) is 5.16. The number of esters is 1. The lowest BCUT2D eigenvalue weighted by Crippen LogP contribution is -2.45. The molecule has 0 aliphatic carbocycles. The lowest BCUT2D eigenvalue weighted by molar-refractivity contribution is -0.139. The van der Waals surface area contributed by atoms with E-state index in [1.165, 1.54) is 10.9 Å². The van der Waals surface area contributed by atoms with Gasteiger partial charge in [0.25, 0.3) is 0 Å². The Morgan fingerprint density at radius 2 is 2.00 bits per heavy atom. The number of carbonyl (C=O) groups excluding carboxylic acids is 2. The van der Waals surface area contributed by atoms with Crippen LogP contribution in [0.3, 0.4) is 0 Å². The Bertz CT molecular complexity index is 992. The molecular formula is C19H20N4O5. The van der Waals surface area contributed by atoms with Gasteiger partial charge in [0.15, 0.2) is 5.69 Å². The molecule has 1 aromatic carbocycles. The van der Waals surface area contributed by atoms with E-state index < -0.39 is 24.0 Å². The lowest BCUT2D eigenvalue weighted by atomic mass is 9.96. The summed E-state index contributed by atoms with van der Waals surface area (Å²) < 4.78 is 6.52. The zero-order valence-electron chi connectivity index (χ0n) is 15.6. The van der Waals surface area contributed by atoms with Gasteiger partial charge < -0.3 is 20.5 Å². The number of nitrogens with zero attached hydrogens (tertiary/aromatic N) is 2. The number of urea groups is 1. The highest BCUT2D eigenvalue weighted by molar-refractivity contribution is 5.96. The molecule has 146 valence electrons. The molecule has 28 heavy (non-hydrogen) atoms. The first kappa shape index (κ1) is 19.2. The summed E-state index contributed by atoms with van der Waals surface area (Å²) in [6.07, 6.45) is 1.51. The van der Waals surface area contributed by atoms with Gasteiger partial charge in [-0.3, -0.25) is 0 Å². The standard InChI is InChI=1S/C19H20N4O5/c1-4-28-18(26)14-11(3)20-19(27)21-15(14)12-9-23(22-16(12)17(24)25)13-8-6-5-7-10(13)2/h5-9,15H,4H2,1-3H3,(H,24,25)(H2,20,21,27)/t15-/m0/s1. The molecule has 1 atom stereocenters. The van der Waals surface area contributed by atoms with Crippen LogP contribution < -0.4 is 10.6 Å². The number of aryl methyl sites for hydroxylation is 1. The summed E-state index contributed by atoms with van der Waals surface area (Å²) in [7, 11) is 0. The van der Waals surface area contributed by atoms with Crippen molar-refractivity contribution in [2.75, 3.05) is 6.61 Å². The minimum atomic E-state index is -1.27. The predicted octanol–water partition coefficient (Wildman–Crippen LogP) is 2.07. The van der Waals surface area contributed by atoms with E-state index in [4.69, 9.17) is 4.74 Å². The second kappa shape index (κ2) is 7.55. The lowest BCUT2D eigenvalue weighted by Gasteiger charge is -2.27. The molecule has 1 aliphatic heterocycles. The summed E-state index contributed by atoms with van der Waals surface area (Å²) in [4.78, 5) is 36.3. The van der Waals surface area contributed by atoms with Gasteiger partial charge in [0, 0.05) is 17.5 Å². The summed E-state index contributed by atoms with van der Waals surface area (Å²) in [6.45, 7) is 5.24. The summed E-state index contributed by atoms with van der Waals surface area (Å²) in [5, 5.41) is 18.9. The van der Waals surface area contributed by atoms with Gasteiger partial charge in [0.05, 0.1) is 23.9 Å². The number of carboxylic acid groups (broad SMARTS) is 1. The van der Waals surface area contributed by atoms with Gasteiger partial charge in [-0.15, -0.1) is 0 Å². The fraction of sp³-hybridized carbons (Fsp3) is 0.263. The Balaban J connectivity index is 2.16. The largest absolute Gasteiger partial charge is 0.476 e. The zero-order chi connectivity index (χ0) is 20.4. The van der Waals surface area contributed by atoms with Gasteiger partial charge in [-0.1, -0.05) is 18.2 Å². The van der Waals surface area contributed by atoms with E-state index in [0.717, 1.165) is 5.56 Å². The molecule has 3 rings (SSSR count). The van der Waals surface area contributed by atoms with E-state index in [1.54, 1.807) is 19.9 Å². The normalized spacial score (nSPS) is 16.4. The van der Waals surface area contributed by atoms with Gasteiger partial charge in [0.1, 0.15) is 0 Å². The molecule has 9 heteroatoms. The van der Waals surface area contributed by atoms with Crippen molar-refractivity contribution in [3.8, 4) is 5.69 Å². The number of aromatic carboxylic acids is 1. The van der Waals surface area contributed by atoms with Crippen molar-refractivity contribution >= 4 is 18.0 Å². The number of rotatable bonds is 5. The molecule has 1 aliphatic rings.